The minimum absolute atomic E-state index is 0.138. The molecular formula is C23H29F3N4O2. The number of nitrogens with one attached hydrogen (secondary N) is 1. The Kier molecular flexibility index (Phi) is 7.48. The maximum atomic E-state index is 13.3. The van der Waals surface area contributed by atoms with Gasteiger partial charge in [-0.1, -0.05) is 25.5 Å². The fourth-order valence-corrected chi connectivity index (χ4v) is 3.53. The third kappa shape index (κ3) is 6.05. The highest BCUT2D eigenvalue weighted by atomic mass is 19.4. The number of nitrogens with zero attached hydrogens (tertiary/aromatic N) is 3. The van der Waals surface area contributed by atoms with Crippen LogP contribution >= 0.6 is 0 Å². The summed E-state index contributed by atoms with van der Waals surface area (Å²) in [6.07, 6.45) is 0.567. The second kappa shape index (κ2) is 10.1. The first kappa shape index (κ1) is 23.7. The zero-order valence-corrected chi connectivity index (χ0v) is 18.4. The number of carbonyl (C=O) groups excluding carboxylic acids is 2. The largest absolute Gasteiger partial charge is 0.418 e. The smallest absolute Gasteiger partial charge is 0.353 e. The summed E-state index contributed by atoms with van der Waals surface area (Å²) >= 11 is 0. The van der Waals surface area contributed by atoms with Crippen LogP contribution in [0.3, 0.4) is 0 Å². The molecule has 0 atom stereocenters. The van der Waals surface area contributed by atoms with E-state index in [4.69, 9.17) is 0 Å². The van der Waals surface area contributed by atoms with E-state index in [1.807, 2.05) is 36.9 Å². The number of hydrogen-bond donors (Lipinski definition) is 1. The van der Waals surface area contributed by atoms with Gasteiger partial charge in [0.2, 0.25) is 5.91 Å². The van der Waals surface area contributed by atoms with Gasteiger partial charge >= 0.3 is 12.2 Å². The molecule has 1 saturated carbocycles. The number of anilines is 1. The highest BCUT2D eigenvalue weighted by Gasteiger charge is 2.36. The molecule has 0 radical (unpaired) electrons. The molecule has 3 amide bonds. The highest BCUT2D eigenvalue weighted by Crippen LogP contribution is 2.34. The van der Waals surface area contributed by atoms with E-state index in [0.717, 1.165) is 31.0 Å². The maximum absolute atomic E-state index is 13.3. The molecule has 0 aliphatic heterocycles. The molecule has 1 aliphatic carbocycles. The van der Waals surface area contributed by atoms with Crippen molar-refractivity contribution < 1.29 is 22.8 Å². The van der Waals surface area contributed by atoms with Crippen LogP contribution in [0.1, 0.15) is 43.9 Å². The molecule has 0 unspecified atom stereocenters. The summed E-state index contributed by atoms with van der Waals surface area (Å²) in [4.78, 5) is 29.1. The topological polar surface area (TPSA) is 57.6 Å². The fraction of sp³-hybridized carbons (Fsp3) is 0.478. The zero-order chi connectivity index (χ0) is 23.3. The number of urea groups is 1. The monoisotopic (exact) mass is 450 g/mol. The van der Waals surface area contributed by atoms with Crippen LogP contribution in [0.4, 0.5) is 23.7 Å². The summed E-state index contributed by atoms with van der Waals surface area (Å²) in [6, 6.07) is 8.12. The minimum Gasteiger partial charge on any atom is -0.353 e. The number of aryl methyl sites for hydroxylation is 1. The van der Waals surface area contributed by atoms with Gasteiger partial charge in [-0.2, -0.15) is 13.2 Å². The normalized spacial score (nSPS) is 13.7. The molecule has 0 spiro atoms. The molecule has 1 heterocycles. The number of hydrogen-bond acceptors (Lipinski definition) is 2. The van der Waals surface area contributed by atoms with E-state index < -0.39 is 17.8 Å². The molecule has 9 heteroatoms. The molecule has 0 bridgehead atoms. The molecule has 32 heavy (non-hydrogen) atoms. The van der Waals surface area contributed by atoms with E-state index in [9.17, 15) is 22.8 Å². The third-order valence-electron chi connectivity index (χ3n) is 5.56. The summed E-state index contributed by atoms with van der Waals surface area (Å²) in [5, 5.41) is 2.36. The number of amides is 3. The van der Waals surface area contributed by atoms with Crippen LogP contribution in [0.5, 0.6) is 0 Å². The van der Waals surface area contributed by atoms with Gasteiger partial charge in [-0.3, -0.25) is 4.79 Å². The summed E-state index contributed by atoms with van der Waals surface area (Å²) in [5.41, 5.74) is -0.255. The molecule has 3 rings (SSSR count). The van der Waals surface area contributed by atoms with Gasteiger partial charge in [-0.25, -0.2) is 4.79 Å². The number of halogens is 3. The van der Waals surface area contributed by atoms with Crippen molar-refractivity contribution in [2.75, 3.05) is 18.4 Å². The lowest BCUT2D eigenvalue weighted by Gasteiger charge is -2.28. The van der Waals surface area contributed by atoms with Crippen LogP contribution in [0.2, 0.25) is 0 Å². The van der Waals surface area contributed by atoms with E-state index in [0.29, 0.717) is 13.0 Å². The van der Waals surface area contributed by atoms with E-state index in [2.05, 4.69) is 5.32 Å². The van der Waals surface area contributed by atoms with E-state index >= 15 is 0 Å². The van der Waals surface area contributed by atoms with Gasteiger partial charge < -0.3 is 19.7 Å². The van der Waals surface area contributed by atoms with Crippen molar-refractivity contribution >= 4 is 17.6 Å². The number of aromatic nitrogens is 1. The average Bonchev–Trinajstić information content (AvgIpc) is 3.50. The number of carbonyl (C=O) groups is 2. The quantitative estimate of drug-likeness (QED) is 0.593. The van der Waals surface area contributed by atoms with Gasteiger partial charge in [-0.05, 0) is 43.5 Å². The molecule has 1 aromatic heterocycles. The Morgan fingerprint density at radius 2 is 1.88 bits per heavy atom. The Labute approximate surface area is 186 Å². The van der Waals surface area contributed by atoms with Crippen LogP contribution in [-0.4, -0.2) is 45.4 Å². The number of para-hydroxylation sites is 1. The molecular weight excluding hydrogens is 421 g/mol. The van der Waals surface area contributed by atoms with Crippen molar-refractivity contribution in [3.8, 4) is 0 Å². The van der Waals surface area contributed by atoms with Crippen LogP contribution in [-0.2, 0) is 24.6 Å². The molecule has 1 aromatic carbocycles. The van der Waals surface area contributed by atoms with Crippen molar-refractivity contribution in [2.45, 2.75) is 51.4 Å². The molecule has 2 aromatic rings. The second-order valence-corrected chi connectivity index (χ2v) is 8.11. The van der Waals surface area contributed by atoms with Gasteiger partial charge in [0.25, 0.3) is 0 Å². The second-order valence-electron chi connectivity index (χ2n) is 8.11. The highest BCUT2D eigenvalue weighted by molar-refractivity contribution is 5.93. The Morgan fingerprint density at radius 3 is 2.47 bits per heavy atom. The van der Waals surface area contributed by atoms with E-state index in [1.165, 1.54) is 23.1 Å². The van der Waals surface area contributed by atoms with E-state index in [1.54, 1.807) is 4.90 Å². The lowest BCUT2D eigenvalue weighted by atomic mass is 10.1. The summed E-state index contributed by atoms with van der Waals surface area (Å²) in [5.74, 6) is -0.205. The minimum atomic E-state index is -4.59. The van der Waals surface area contributed by atoms with Gasteiger partial charge in [0, 0.05) is 31.5 Å². The summed E-state index contributed by atoms with van der Waals surface area (Å²) in [6.45, 7) is 2.49. The van der Waals surface area contributed by atoms with Crippen LogP contribution in [0, 0.1) is 0 Å². The summed E-state index contributed by atoms with van der Waals surface area (Å²) < 4.78 is 41.8. The standard InChI is InChI=1S/C23H29F3N4O2/c1-3-4-14-29(22(32)27-20-10-6-5-9-19(20)23(24,25)26)16-21(31)30(17-11-12-17)15-18-8-7-13-28(18)2/h5-10,13,17H,3-4,11-12,14-16H2,1-2H3,(H,27,32). The fourth-order valence-electron chi connectivity index (χ4n) is 3.53. The molecule has 174 valence electrons. The Balaban J connectivity index is 1.73. The predicted octanol–water partition coefficient (Wildman–Crippen LogP) is 4.87. The van der Waals surface area contributed by atoms with Crippen molar-refractivity contribution in [1.82, 2.24) is 14.4 Å². The molecule has 1 N–H and O–H groups in total. The van der Waals surface area contributed by atoms with Gasteiger partial charge in [0.1, 0.15) is 6.54 Å². The number of alkyl halides is 3. The average molecular weight is 451 g/mol. The Bertz CT molecular complexity index is 937. The lowest BCUT2D eigenvalue weighted by molar-refractivity contribution is -0.137. The van der Waals surface area contributed by atoms with Crippen LogP contribution < -0.4 is 5.32 Å². The van der Waals surface area contributed by atoms with Crippen molar-refractivity contribution in [1.29, 1.82) is 0 Å². The molecule has 6 nitrogen and oxygen atoms in total. The molecule has 1 aliphatic rings. The molecule has 0 saturated heterocycles. The number of rotatable bonds is 9. The predicted molar refractivity (Wildman–Crippen MR) is 116 cm³/mol. The van der Waals surface area contributed by atoms with Gasteiger partial charge in [-0.15, -0.1) is 0 Å². The van der Waals surface area contributed by atoms with Crippen molar-refractivity contribution in [2.24, 2.45) is 7.05 Å². The maximum Gasteiger partial charge on any atom is 0.418 e. The van der Waals surface area contributed by atoms with Crippen LogP contribution in [0.15, 0.2) is 42.6 Å². The first-order valence-electron chi connectivity index (χ1n) is 10.8. The third-order valence-corrected chi connectivity index (χ3v) is 5.56. The lowest BCUT2D eigenvalue weighted by Crippen LogP contribution is -2.45. The van der Waals surface area contributed by atoms with Gasteiger partial charge in [0.05, 0.1) is 17.8 Å². The SMILES string of the molecule is CCCCN(CC(=O)N(Cc1cccn1C)C1CC1)C(=O)Nc1ccccc1C(F)(F)F. The van der Waals surface area contributed by atoms with Gasteiger partial charge in [0.15, 0.2) is 0 Å². The van der Waals surface area contributed by atoms with Crippen molar-refractivity contribution in [3.05, 3.63) is 53.9 Å². The Morgan fingerprint density at radius 1 is 1.16 bits per heavy atom. The summed E-state index contributed by atoms with van der Waals surface area (Å²) in [7, 11) is 1.91. The van der Waals surface area contributed by atoms with Crippen LogP contribution in [0.25, 0.3) is 0 Å². The van der Waals surface area contributed by atoms with Crippen molar-refractivity contribution in [3.63, 3.8) is 0 Å². The molecule has 1 fully saturated rings. The first-order valence-corrected chi connectivity index (χ1v) is 10.8. The van der Waals surface area contributed by atoms with E-state index in [-0.39, 0.29) is 30.7 Å². The Hall–Kier alpha value is -2.97. The number of benzene rings is 1. The zero-order valence-electron chi connectivity index (χ0n) is 18.4. The first-order chi connectivity index (χ1) is 15.2. The number of unbranched alkanes of at least 4 members (excludes halogenated alkanes) is 1.